The van der Waals surface area contributed by atoms with E-state index >= 15 is 0 Å². The number of amides is 1. The number of piperazine rings is 1. The molecule has 1 unspecified atom stereocenters. The van der Waals surface area contributed by atoms with Crippen molar-refractivity contribution in [3.63, 3.8) is 0 Å². The lowest BCUT2D eigenvalue weighted by molar-refractivity contribution is -0.133. The molecule has 0 saturated carbocycles. The van der Waals surface area contributed by atoms with Crippen LogP contribution in [-0.4, -0.2) is 30.4 Å². The molecule has 1 amide bonds. The molecular formula is C23H30N2O. The number of carbonyl (C=O) groups is 1. The topological polar surface area (TPSA) is 23.6 Å². The molecule has 0 N–H and O–H groups in total. The highest BCUT2D eigenvalue weighted by Crippen LogP contribution is 2.30. The Kier molecular flexibility index (Phi) is 5.36. The summed E-state index contributed by atoms with van der Waals surface area (Å²) in [6, 6.07) is 19.4. The average molecular weight is 351 g/mol. The Labute approximate surface area is 157 Å². The van der Waals surface area contributed by atoms with Gasteiger partial charge < -0.3 is 9.80 Å². The number of nitrogens with zero attached hydrogens (tertiary/aromatic N) is 2. The minimum absolute atomic E-state index is 0.111. The van der Waals surface area contributed by atoms with Gasteiger partial charge in [0.2, 0.25) is 5.91 Å². The van der Waals surface area contributed by atoms with E-state index in [1.54, 1.807) is 0 Å². The minimum Gasteiger partial charge on any atom is -0.367 e. The standard InChI is InChI=1S/C23H30N2O/c1-5-22(26)25-16-15-24(17-21(25)18-9-7-6-8-10-18)20-13-11-19(12-14-20)23(2,3)4/h6-14,21H,5,15-17H2,1-4H3. The van der Waals surface area contributed by atoms with Crippen LogP contribution in [0.3, 0.4) is 0 Å². The second-order valence-electron chi connectivity index (χ2n) is 8.11. The van der Waals surface area contributed by atoms with Gasteiger partial charge in [-0.15, -0.1) is 0 Å². The molecule has 1 heterocycles. The molecule has 0 bridgehead atoms. The van der Waals surface area contributed by atoms with Gasteiger partial charge in [-0.2, -0.15) is 0 Å². The van der Waals surface area contributed by atoms with Crippen molar-refractivity contribution in [3.8, 4) is 0 Å². The van der Waals surface area contributed by atoms with E-state index in [9.17, 15) is 4.79 Å². The summed E-state index contributed by atoms with van der Waals surface area (Å²) in [6.45, 7) is 11.2. The molecule has 3 rings (SSSR count). The van der Waals surface area contributed by atoms with Crippen LogP contribution in [0, 0.1) is 0 Å². The van der Waals surface area contributed by atoms with Gasteiger partial charge in [0, 0.05) is 31.7 Å². The minimum atomic E-state index is 0.111. The highest BCUT2D eigenvalue weighted by Gasteiger charge is 2.31. The number of hydrogen-bond acceptors (Lipinski definition) is 2. The molecule has 0 radical (unpaired) electrons. The van der Waals surface area contributed by atoms with Crippen molar-refractivity contribution in [3.05, 3.63) is 65.7 Å². The maximum absolute atomic E-state index is 12.5. The van der Waals surface area contributed by atoms with Gasteiger partial charge in [-0.1, -0.05) is 70.2 Å². The van der Waals surface area contributed by atoms with Gasteiger partial charge in [-0.05, 0) is 28.7 Å². The zero-order chi connectivity index (χ0) is 18.7. The second kappa shape index (κ2) is 7.53. The molecule has 0 spiro atoms. The van der Waals surface area contributed by atoms with Crippen LogP contribution >= 0.6 is 0 Å². The van der Waals surface area contributed by atoms with Crippen molar-refractivity contribution in [1.82, 2.24) is 4.90 Å². The predicted molar refractivity (Wildman–Crippen MR) is 109 cm³/mol. The molecule has 2 aromatic rings. The Balaban J connectivity index is 1.84. The van der Waals surface area contributed by atoms with Crippen LogP contribution < -0.4 is 4.90 Å². The first-order chi connectivity index (χ1) is 12.4. The van der Waals surface area contributed by atoms with Crippen LogP contribution in [0.25, 0.3) is 0 Å². The summed E-state index contributed by atoms with van der Waals surface area (Å²) in [7, 11) is 0. The molecule has 3 heteroatoms. The molecule has 1 aliphatic heterocycles. The SMILES string of the molecule is CCC(=O)N1CCN(c2ccc(C(C)(C)C)cc2)CC1c1ccccc1. The Morgan fingerprint density at radius 1 is 1.00 bits per heavy atom. The van der Waals surface area contributed by atoms with Gasteiger partial charge in [0.15, 0.2) is 0 Å². The van der Waals surface area contributed by atoms with E-state index in [1.165, 1.54) is 16.8 Å². The molecule has 3 nitrogen and oxygen atoms in total. The van der Waals surface area contributed by atoms with Crippen molar-refractivity contribution in [1.29, 1.82) is 0 Å². The van der Waals surface area contributed by atoms with Crippen LogP contribution in [0.4, 0.5) is 5.69 Å². The fourth-order valence-electron chi connectivity index (χ4n) is 3.65. The third kappa shape index (κ3) is 3.92. The van der Waals surface area contributed by atoms with E-state index in [-0.39, 0.29) is 17.4 Å². The molecule has 0 aromatic heterocycles. The van der Waals surface area contributed by atoms with E-state index in [2.05, 4.69) is 79.1 Å². The largest absolute Gasteiger partial charge is 0.367 e. The van der Waals surface area contributed by atoms with Crippen LogP contribution in [-0.2, 0) is 10.2 Å². The lowest BCUT2D eigenvalue weighted by Gasteiger charge is -2.43. The van der Waals surface area contributed by atoms with Crippen LogP contribution in [0.15, 0.2) is 54.6 Å². The van der Waals surface area contributed by atoms with E-state index in [0.29, 0.717) is 6.42 Å². The third-order valence-corrected chi connectivity index (χ3v) is 5.29. The summed E-state index contributed by atoms with van der Waals surface area (Å²) >= 11 is 0. The van der Waals surface area contributed by atoms with Gasteiger partial charge in [-0.25, -0.2) is 0 Å². The fourth-order valence-corrected chi connectivity index (χ4v) is 3.65. The first kappa shape index (κ1) is 18.5. The van der Waals surface area contributed by atoms with Gasteiger partial charge in [-0.3, -0.25) is 4.79 Å². The van der Waals surface area contributed by atoms with E-state index in [1.807, 2.05) is 13.0 Å². The second-order valence-corrected chi connectivity index (χ2v) is 8.11. The molecule has 1 atom stereocenters. The molecule has 1 fully saturated rings. The fraction of sp³-hybridized carbons (Fsp3) is 0.435. The van der Waals surface area contributed by atoms with Crippen LogP contribution in [0.2, 0.25) is 0 Å². The highest BCUT2D eigenvalue weighted by atomic mass is 16.2. The third-order valence-electron chi connectivity index (χ3n) is 5.29. The summed E-state index contributed by atoms with van der Waals surface area (Å²) in [6.07, 6.45) is 0.559. The summed E-state index contributed by atoms with van der Waals surface area (Å²) in [4.78, 5) is 16.9. The van der Waals surface area contributed by atoms with Crippen LogP contribution in [0.5, 0.6) is 0 Å². The normalized spacial score (nSPS) is 18.1. The van der Waals surface area contributed by atoms with Crippen molar-refractivity contribution < 1.29 is 4.79 Å². The van der Waals surface area contributed by atoms with Crippen molar-refractivity contribution in [2.45, 2.75) is 45.6 Å². The number of hydrogen-bond donors (Lipinski definition) is 0. The zero-order valence-electron chi connectivity index (χ0n) is 16.4. The van der Waals surface area contributed by atoms with E-state index in [4.69, 9.17) is 0 Å². The molecule has 1 saturated heterocycles. The smallest absolute Gasteiger partial charge is 0.222 e. The first-order valence-electron chi connectivity index (χ1n) is 9.60. The summed E-state index contributed by atoms with van der Waals surface area (Å²) in [5, 5.41) is 0. The summed E-state index contributed by atoms with van der Waals surface area (Å²) in [5.74, 6) is 0.238. The molecular weight excluding hydrogens is 320 g/mol. The van der Waals surface area contributed by atoms with Gasteiger partial charge in [0.1, 0.15) is 0 Å². The monoisotopic (exact) mass is 350 g/mol. The van der Waals surface area contributed by atoms with Crippen LogP contribution in [0.1, 0.15) is 51.3 Å². The maximum Gasteiger partial charge on any atom is 0.222 e. The summed E-state index contributed by atoms with van der Waals surface area (Å²) in [5.41, 5.74) is 3.96. The molecule has 138 valence electrons. The number of carbonyl (C=O) groups excluding carboxylic acids is 1. The number of anilines is 1. The zero-order valence-corrected chi connectivity index (χ0v) is 16.4. The van der Waals surface area contributed by atoms with Gasteiger partial charge in [0.25, 0.3) is 0 Å². The summed E-state index contributed by atoms with van der Waals surface area (Å²) < 4.78 is 0. The molecule has 1 aliphatic rings. The van der Waals surface area contributed by atoms with Crippen molar-refractivity contribution >= 4 is 11.6 Å². The maximum atomic E-state index is 12.5. The predicted octanol–water partition coefficient (Wildman–Crippen LogP) is 4.78. The molecule has 26 heavy (non-hydrogen) atoms. The Morgan fingerprint density at radius 3 is 2.23 bits per heavy atom. The Morgan fingerprint density at radius 2 is 1.65 bits per heavy atom. The quantitative estimate of drug-likeness (QED) is 0.795. The van der Waals surface area contributed by atoms with Crippen molar-refractivity contribution in [2.24, 2.45) is 0 Å². The van der Waals surface area contributed by atoms with E-state index < -0.39 is 0 Å². The lowest BCUT2D eigenvalue weighted by Crippen LogP contribution is -2.50. The van der Waals surface area contributed by atoms with Gasteiger partial charge >= 0.3 is 0 Å². The first-order valence-corrected chi connectivity index (χ1v) is 9.60. The molecule has 2 aromatic carbocycles. The Hall–Kier alpha value is -2.29. The molecule has 0 aliphatic carbocycles. The number of rotatable bonds is 3. The van der Waals surface area contributed by atoms with E-state index in [0.717, 1.165) is 19.6 Å². The van der Waals surface area contributed by atoms with Crippen molar-refractivity contribution in [2.75, 3.05) is 24.5 Å². The van der Waals surface area contributed by atoms with Gasteiger partial charge in [0.05, 0.1) is 6.04 Å². The average Bonchev–Trinajstić information content (AvgIpc) is 2.67. The Bertz CT molecular complexity index is 731. The highest BCUT2D eigenvalue weighted by molar-refractivity contribution is 5.77. The number of benzene rings is 2. The lowest BCUT2D eigenvalue weighted by atomic mass is 9.87.